The third kappa shape index (κ3) is 15.1. The van der Waals surface area contributed by atoms with E-state index in [0.29, 0.717) is 25.7 Å². The van der Waals surface area contributed by atoms with Gasteiger partial charge in [-0.15, -0.1) is 0 Å². The first-order valence-corrected chi connectivity index (χ1v) is 10.0. The van der Waals surface area contributed by atoms with Crippen molar-refractivity contribution in [2.24, 2.45) is 0 Å². The summed E-state index contributed by atoms with van der Waals surface area (Å²) >= 11 is 0. The Morgan fingerprint density at radius 1 is 0.615 bits per heavy atom. The molecule has 6 nitrogen and oxygen atoms in total. The van der Waals surface area contributed by atoms with Gasteiger partial charge in [-0.05, 0) is 25.7 Å². The van der Waals surface area contributed by atoms with Crippen molar-refractivity contribution in [1.82, 2.24) is 0 Å². The molecule has 26 heavy (non-hydrogen) atoms. The quantitative estimate of drug-likeness (QED) is 0.299. The molecule has 0 aliphatic rings. The number of hydrogen-bond donors (Lipinski definition) is 2. The standard InChI is InChI=1S/C20H38O6/c1-25-19(23)15-11-7-3-5-9-13-17(21)18(22)14-10-6-4-8-12-16-20(24)26-2/h17-18,21-22H,3-16H2,1-2H3/t17-,18+. The fraction of sp³-hybridized carbons (Fsp3) is 0.900. The van der Waals surface area contributed by atoms with Crippen LogP contribution in [0.2, 0.25) is 0 Å². The van der Waals surface area contributed by atoms with Crippen molar-refractivity contribution in [3.63, 3.8) is 0 Å². The van der Waals surface area contributed by atoms with Crippen LogP contribution in [-0.4, -0.2) is 48.6 Å². The fourth-order valence-corrected chi connectivity index (χ4v) is 2.90. The van der Waals surface area contributed by atoms with Gasteiger partial charge in [0.15, 0.2) is 0 Å². The summed E-state index contributed by atoms with van der Waals surface area (Å²) in [5, 5.41) is 20.0. The van der Waals surface area contributed by atoms with Gasteiger partial charge in [-0.25, -0.2) is 0 Å². The van der Waals surface area contributed by atoms with Crippen LogP contribution in [-0.2, 0) is 19.1 Å². The van der Waals surface area contributed by atoms with Crippen molar-refractivity contribution in [1.29, 1.82) is 0 Å². The average molecular weight is 375 g/mol. The smallest absolute Gasteiger partial charge is 0.305 e. The van der Waals surface area contributed by atoms with Crippen molar-refractivity contribution >= 4 is 11.9 Å². The minimum Gasteiger partial charge on any atom is -0.469 e. The number of aliphatic hydroxyl groups excluding tert-OH is 2. The Hall–Kier alpha value is -1.14. The lowest BCUT2D eigenvalue weighted by atomic mass is 9.99. The molecule has 0 saturated heterocycles. The number of carbonyl (C=O) groups is 2. The molecule has 0 spiro atoms. The van der Waals surface area contributed by atoms with Gasteiger partial charge in [0.25, 0.3) is 0 Å². The van der Waals surface area contributed by atoms with Gasteiger partial charge in [0, 0.05) is 12.8 Å². The molecule has 0 aliphatic carbocycles. The van der Waals surface area contributed by atoms with E-state index in [2.05, 4.69) is 9.47 Å². The van der Waals surface area contributed by atoms with Gasteiger partial charge < -0.3 is 19.7 Å². The second kappa shape index (κ2) is 17.3. The normalized spacial score (nSPS) is 13.2. The molecule has 0 unspecified atom stereocenters. The highest BCUT2D eigenvalue weighted by molar-refractivity contribution is 5.69. The molecule has 0 aliphatic heterocycles. The Morgan fingerprint density at radius 2 is 0.923 bits per heavy atom. The zero-order chi connectivity index (χ0) is 19.6. The molecule has 0 aromatic carbocycles. The maximum Gasteiger partial charge on any atom is 0.305 e. The van der Waals surface area contributed by atoms with E-state index < -0.39 is 12.2 Å². The summed E-state index contributed by atoms with van der Waals surface area (Å²) in [7, 11) is 2.81. The number of unbranched alkanes of at least 4 members (excludes halogenated alkanes) is 8. The summed E-state index contributed by atoms with van der Waals surface area (Å²) in [6.45, 7) is 0. The van der Waals surface area contributed by atoms with Crippen molar-refractivity contribution in [3.05, 3.63) is 0 Å². The van der Waals surface area contributed by atoms with Gasteiger partial charge in [0.05, 0.1) is 26.4 Å². The van der Waals surface area contributed by atoms with Crippen molar-refractivity contribution in [2.45, 2.75) is 102 Å². The van der Waals surface area contributed by atoms with Crippen LogP contribution in [0.15, 0.2) is 0 Å². The van der Waals surface area contributed by atoms with Crippen LogP contribution in [0.3, 0.4) is 0 Å². The van der Waals surface area contributed by atoms with E-state index in [-0.39, 0.29) is 11.9 Å². The van der Waals surface area contributed by atoms with Crippen molar-refractivity contribution in [3.8, 4) is 0 Å². The molecule has 0 bridgehead atoms. The second-order valence-corrected chi connectivity index (χ2v) is 6.90. The van der Waals surface area contributed by atoms with E-state index in [4.69, 9.17) is 0 Å². The van der Waals surface area contributed by atoms with Crippen LogP contribution >= 0.6 is 0 Å². The van der Waals surface area contributed by atoms with Crippen molar-refractivity contribution < 1.29 is 29.3 Å². The summed E-state index contributed by atoms with van der Waals surface area (Å²) in [5.74, 6) is -0.320. The molecule has 0 heterocycles. The number of rotatable bonds is 17. The van der Waals surface area contributed by atoms with Gasteiger partial charge in [-0.3, -0.25) is 9.59 Å². The third-order valence-electron chi connectivity index (χ3n) is 4.66. The zero-order valence-electron chi connectivity index (χ0n) is 16.6. The molecule has 0 saturated carbocycles. The van der Waals surface area contributed by atoms with Gasteiger partial charge in [-0.1, -0.05) is 51.4 Å². The highest BCUT2D eigenvalue weighted by atomic mass is 16.5. The second-order valence-electron chi connectivity index (χ2n) is 6.90. The first-order valence-electron chi connectivity index (χ1n) is 10.0. The molecule has 0 fully saturated rings. The van der Waals surface area contributed by atoms with Crippen LogP contribution in [0.5, 0.6) is 0 Å². The van der Waals surface area contributed by atoms with Crippen LogP contribution in [0, 0.1) is 0 Å². The molecule has 2 N–H and O–H groups in total. The summed E-state index contributed by atoms with van der Waals surface area (Å²) in [4.78, 5) is 21.9. The maximum atomic E-state index is 11.0. The third-order valence-corrected chi connectivity index (χ3v) is 4.66. The van der Waals surface area contributed by atoms with Crippen LogP contribution in [0.1, 0.15) is 89.9 Å². The Bertz CT molecular complexity index is 324. The summed E-state index contributed by atoms with van der Waals surface area (Å²) in [6.07, 6.45) is 10.4. The van der Waals surface area contributed by atoms with E-state index >= 15 is 0 Å². The van der Waals surface area contributed by atoms with Gasteiger partial charge >= 0.3 is 11.9 Å². The van der Waals surface area contributed by atoms with E-state index in [9.17, 15) is 19.8 Å². The molecule has 0 amide bonds. The lowest BCUT2D eigenvalue weighted by Crippen LogP contribution is -2.25. The van der Waals surface area contributed by atoms with E-state index in [0.717, 1.165) is 64.2 Å². The molecule has 0 rings (SSSR count). The molecule has 6 heteroatoms. The summed E-state index contributed by atoms with van der Waals surface area (Å²) < 4.78 is 9.18. The molecule has 0 radical (unpaired) electrons. The average Bonchev–Trinajstić information content (AvgIpc) is 2.65. The number of hydrogen-bond acceptors (Lipinski definition) is 6. The molecular weight excluding hydrogens is 336 g/mol. The lowest BCUT2D eigenvalue weighted by Gasteiger charge is -2.17. The Kier molecular flexibility index (Phi) is 16.5. The molecule has 2 atom stereocenters. The van der Waals surface area contributed by atoms with E-state index in [1.807, 2.05) is 0 Å². The molecule has 0 aromatic rings. The molecule has 0 aromatic heterocycles. The van der Waals surface area contributed by atoms with Crippen LogP contribution in [0.4, 0.5) is 0 Å². The first-order chi connectivity index (χ1) is 12.5. The minimum atomic E-state index is -0.649. The number of carbonyl (C=O) groups excluding carboxylic acids is 2. The summed E-state index contributed by atoms with van der Waals surface area (Å²) in [6, 6.07) is 0. The van der Waals surface area contributed by atoms with Gasteiger partial charge in [0.1, 0.15) is 0 Å². The van der Waals surface area contributed by atoms with Gasteiger partial charge in [-0.2, -0.15) is 0 Å². The van der Waals surface area contributed by atoms with Gasteiger partial charge in [0.2, 0.25) is 0 Å². The van der Waals surface area contributed by atoms with Crippen molar-refractivity contribution in [2.75, 3.05) is 14.2 Å². The maximum absolute atomic E-state index is 11.0. The fourth-order valence-electron chi connectivity index (χ4n) is 2.90. The lowest BCUT2D eigenvalue weighted by molar-refractivity contribution is -0.141. The van der Waals surface area contributed by atoms with Crippen LogP contribution in [0.25, 0.3) is 0 Å². The SMILES string of the molecule is COC(=O)CCCCCCC[C@@H](O)[C@@H](O)CCCCCCCC(=O)OC. The number of aliphatic hydroxyl groups is 2. The van der Waals surface area contributed by atoms with E-state index in [1.165, 1.54) is 14.2 Å². The number of ether oxygens (including phenoxy) is 2. The Balaban J connectivity index is 3.44. The molecular formula is C20H38O6. The van der Waals surface area contributed by atoms with Crippen LogP contribution < -0.4 is 0 Å². The minimum absolute atomic E-state index is 0.160. The monoisotopic (exact) mass is 374 g/mol. The first kappa shape index (κ1) is 24.9. The predicted molar refractivity (Wildman–Crippen MR) is 101 cm³/mol. The summed E-state index contributed by atoms with van der Waals surface area (Å²) in [5.41, 5.74) is 0. The predicted octanol–water partition coefficient (Wildman–Crippen LogP) is 3.52. The molecule has 154 valence electrons. The highest BCUT2D eigenvalue weighted by Gasteiger charge is 2.15. The zero-order valence-corrected chi connectivity index (χ0v) is 16.6. The Labute approximate surface area is 158 Å². The number of esters is 2. The Morgan fingerprint density at radius 3 is 1.27 bits per heavy atom. The van der Waals surface area contributed by atoms with E-state index in [1.54, 1.807) is 0 Å². The highest BCUT2D eigenvalue weighted by Crippen LogP contribution is 2.15. The largest absolute Gasteiger partial charge is 0.469 e. The topological polar surface area (TPSA) is 93.1 Å². The number of methoxy groups -OCH3 is 2.